The Morgan fingerprint density at radius 3 is 2.33 bits per heavy atom. The van der Waals surface area contributed by atoms with Crippen LogP contribution in [0.15, 0.2) is 0 Å². The molecule has 5 nitrogen and oxygen atoms in total. The number of nitrogens with zero attached hydrogens (tertiary/aromatic N) is 2. The van der Waals surface area contributed by atoms with Gasteiger partial charge < -0.3 is 16.4 Å². The summed E-state index contributed by atoms with van der Waals surface area (Å²) in [5.74, 6) is 0.138. The Morgan fingerprint density at radius 2 is 1.86 bits per heavy atom. The SMILES string of the molecule is CC(C)N1CCN(c2sc(C(N)=O)c(N)c2C2CC2)CC1. The molecule has 0 radical (unpaired) electrons. The Labute approximate surface area is 129 Å². The summed E-state index contributed by atoms with van der Waals surface area (Å²) in [5, 5.41) is 1.19. The molecular formula is C15H24N4OS. The Kier molecular flexibility index (Phi) is 3.84. The van der Waals surface area contributed by atoms with Crippen LogP contribution in [0.3, 0.4) is 0 Å². The van der Waals surface area contributed by atoms with E-state index in [1.165, 1.54) is 34.7 Å². The number of hydrogen-bond donors (Lipinski definition) is 2. The molecule has 1 aromatic heterocycles. The van der Waals surface area contributed by atoms with Crippen LogP contribution in [0.1, 0.15) is 47.8 Å². The van der Waals surface area contributed by atoms with Gasteiger partial charge in [-0.1, -0.05) is 0 Å². The van der Waals surface area contributed by atoms with Gasteiger partial charge in [-0.2, -0.15) is 0 Å². The normalized spacial score (nSPS) is 20.2. The van der Waals surface area contributed by atoms with E-state index in [0.717, 1.165) is 26.2 Å². The Balaban J connectivity index is 1.85. The fourth-order valence-corrected chi connectivity index (χ4v) is 4.28. The first kappa shape index (κ1) is 14.7. The maximum Gasteiger partial charge on any atom is 0.260 e. The van der Waals surface area contributed by atoms with Crippen molar-refractivity contribution in [2.75, 3.05) is 36.8 Å². The first-order valence-corrected chi connectivity index (χ1v) is 8.51. The second-order valence-corrected chi connectivity index (χ2v) is 7.32. The van der Waals surface area contributed by atoms with Crippen molar-refractivity contribution >= 4 is 27.9 Å². The number of amides is 1. The van der Waals surface area contributed by atoms with Crippen LogP contribution < -0.4 is 16.4 Å². The molecule has 3 rings (SSSR count). The van der Waals surface area contributed by atoms with E-state index < -0.39 is 5.91 Å². The quantitative estimate of drug-likeness (QED) is 0.890. The van der Waals surface area contributed by atoms with Crippen molar-refractivity contribution in [2.24, 2.45) is 5.73 Å². The number of nitrogens with two attached hydrogens (primary N) is 2. The van der Waals surface area contributed by atoms with Gasteiger partial charge in [0.2, 0.25) is 0 Å². The highest BCUT2D eigenvalue weighted by Crippen LogP contribution is 2.52. The molecule has 2 aliphatic rings. The molecule has 0 spiro atoms. The summed E-state index contributed by atoms with van der Waals surface area (Å²) in [5.41, 5.74) is 13.5. The number of rotatable bonds is 4. The molecule has 1 amide bonds. The van der Waals surface area contributed by atoms with E-state index in [4.69, 9.17) is 11.5 Å². The highest BCUT2D eigenvalue weighted by molar-refractivity contribution is 7.18. The number of hydrogen-bond acceptors (Lipinski definition) is 5. The number of nitrogen functional groups attached to an aromatic ring is 1. The number of primary amides is 1. The monoisotopic (exact) mass is 308 g/mol. The van der Waals surface area contributed by atoms with Gasteiger partial charge in [-0.25, -0.2) is 0 Å². The Hall–Kier alpha value is -1.27. The van der Waals surface area contributed by atoms with Crippen molar-refractivity contribution in [1.29, 1.82) is 0 Å². The van der Waals surface area contributed by atoms with E-state index >= 15 is 0 Å². The van der Waals surface area contributed by atoms with Gasteiger partial charge in [0.05, 0.1) is 10.7 Å². The van der Waals surface area contributed by atoms with Crippen LogP contribution in [0, 0.1) is 0 Å². The summed E-state index contributed by atoms with van der Waals surface area (Å²) in [6.07, 6.45) is 2.36. The van der Waals surface area contributed by atoms with Crippen molar-refractivity contribution in [3.63, 3.8) is 0 Å². The number of carbonyl (C=O) groups excluding carboxylic acids is 1. The van der Waals surface area contributed by atoms with E-state index in [1.807, 2.05) is 0 Å². The zero-order valence-corrected chi connectivity index (χ0v) is 13.6. The topological polar surface area (TPSA) is 75.6 Å². The third-order valence-corrected chi connectivity index (χ3v) is 5.80. The lowest BCUT2D eigenvalue weighted by Gasteiger charge is -2.38. The van der Waals surface area contributed by atoms with Gasteiger partial charge >= 0.3 is 0 Å². The number of piperazine rings is 1. The van der Waals surface area contributed by atoms with Gasteiger partial charge in [-0.3, -0.25) is 9.69 Å². The molecule has 1 aliphatic carbocycles. The van der Waals surface area contributed by atoms with Crippen LogP contribution in [-0.4, -0.2) is 43.0 Å². The van der Waals surface area contributed by atoms with E-state index in [1.54, 1.807) is 0 Å². The summed E-state index contributed by atoms with van der Waals surface area (Å²) in [6, 6.07) is 0.588. The number of anilines is 2. The molecule has 21 heavy (non-hydrogen) atoms. The lowest BCUT2D eigenvalue weighted by molar-refractivity contribution is 0.100. The first-order valence-electron chi connectivity index (χ1n) is 7.70. The predicted molar refractivity (Wildman–Crippen MR) is 88.1 cm³/mol. The van der Waals surface area contributed by atoms with Gasteiger partial charge in [-0.15, -0.1) is 11.3 Å². The summed E-state index contributed by atoms with van der Waals surface area (Å²) in [4.78, 5) is 17.0. The molecule has 1 saturated carbocycles. The van der Waals surface area contributed by atoms with Crippen molar-refractivity contribution in [1.82, 2.24) is 4.90 Å². The molecule has 1 saturated heterocycles. The minimum Gasteiger partial charge on any atom is -0.397 e. The molecule has 0 aromatic carbocycles. The predicted octanol–water partition coefficient (Wildman–Crippen LogP) is 1.84. The third-order valence-electron chi connectivity index (χ3n) is 4.51. The second-order valence-electron chi connectivity index (χ2n) is 6.32. The average molecular weight is 308 g/mol. The van der Waals surface area contributed by atoms with E-state index in [9.17, 15) is 4.79 Å². The van der Waals surface area contributed by atoms with Crippen LogP contribution in [0.4, 0.5) is 10.7 Å². The molecular weight excluding hydrogens is 284 g/mol. The van der Waals surface area contributed by atoms with Crippen molar-refractivity contribution in [3.8, 4) is 0 Å². The minimum absolute atomic E-state index is 0.397. The maximum absolute atomic E-state index is 11.6. The third kappa shape index (κ3) is 2.74. The second kappa shape index (κ2) is 5.50. The van der Waals surface area contributed by atoms with Crippen molar-refractivity contribution in [3.05, 3.63) is 10.4 Å². The summed E-state index contributed by atoms with van der Waals surface area (Å²) >= 11 is 1.49. The fraction of sp³-hybridized carbons (Fsp3) is 0.667. The van der Waals surface area contributed by atoms with Crippen LogP contribution >= 0.6 is 11.3 Å². The van der Waals surface area contributed by atoms with Gasteiger partial charge in [0.1, 0.15) is 4.88 Å². The fourth-order valence-electron chi connectivity index (χ4n) is 3.07. The van der Waals surface area contributed by atoms with Gasteiger partial charge in [0, 0.05) is 37.8 Å². The van der Waals surface area contributed by atoms with Gasteiger partial charge in [-0.05, 0) is 32.6 Å². The van der Waals surface area contributed by atoms with Crippen LogP contribution in [0.2, 0.25) is 0 Å². The molecule has 0 atom stereocenters. The molecule has 2 heterocycles. The molecule has 2 fully saturated rings. The summed E-state index contributed by atoms with van der Waals surface area (Å²) in [6.45, 7) is 8.59. The molecule has 4 N–H and O–H groups in total. The smallest absolute Gasteiger partial charge is 0.260 e. The van der Waals surface area contributed by atoms with Crippen LogP contribution in [0.25, 0.3) is 0 Å². The molecule has 0 bridgehead atoms. The van der Waals surface area contributed by atoms with E-state index in [0.29, 0.717) is 22.5 Å². The largest absolute Gasteiger partial charge is 0.397 e. The standard InChI is InChI=1S/C15H24N4OS/c1-9(2)18-5-7-19(8-6-18)15-11(10-3-4-10)12(16)13(21-15)14(17)20/h9-10H,3-8,16H2,1-2H3,(H2,17,20). The summed E-state index contributed by atoms with van der Waals surface area (Å²) < 4.78 is 0. The number of carbonyl (C=O) groups is 1. The zero-order valence-electron chi connectivity index (χ0n) is 12.8. The lowest BCUT2D eigenvalue weighted by Crippen LogP contribution is -2.48. The highest BCUT2D eigenvalue weighted by atomic mass is 32.1. The average Bonchev–Trinajstić information content (AvgIpc) is 3.22. The maximum atomic E-state index is 11.6. The molecule has 1 aliphatic heterocycles. The molecule has 116 valence electrons. The summed E-state index contributed by atoms with van der Waals surface area (Å²) in [7, 11) is 0. The Morgan fingerprint density at radius 1 is 1.24 bits per heavy atom. The Bertz CT molecular complexity index is 542. The van der Waals surface area contributed by atoms with Crippen LogP contribution in [-0.2, 0) is 0 Å². The zero-order chi connectivity index (χ0) is 15.1. The van der Waals surface area contributed by atoms with Crippen molar-refractivity contribution < 1.29 is 4.79 Å². The highest BCUT2D eigenvalue weighted by Gasteiger charge is 2.35. The van der Waals surface area contributed by atoms with Crippen LogP contribution in [0.5, 0.6) is 0 Å². The molecule has 6 heteroatoms. The van der Waals surface area contributed by atoms with Gasteiger partial charge in [0.15, 0.2) is 0 Å². The lowest BCUT2D eigenvalue weighted by atomic mass is 10.1. The molecule has 0 unspecified atom stereocenters. The van der Waals surface area contributed by atoms with E-state index in [2.05, 4.69) is 23.6 Å². The van der Waals surface area contributed by atoms with E-state index in [-0.39, 0.29) is 0 Å². The number of thiophene rings is 1. The minimum atomic E-state index is -0.397. The first-order chi connectivity index (χ1) is 9.99. The van der Waals surface area contributed by atoms with Gasteiger partial charge in [0.25, 0.3) is 5.91 Å². The van der Waals surface area contributed by atoms with Crippen molar-refractivity contribution in [2.45, 2.75) is 38.6 Å². The molecule has 1 aromatic rings.